The molecule has 0 unspecified atom stereocenters. The second-order valence-electron chi connectivity index (χ2n) is 13.7. The van der Waals surface area contributed by atoms with E-state index in [1.807, 2.05) is 55.5 Å². The van der Waals surface area contributed by atoms with Gasteiger partial charge in [-0.3, -0.25) is 14.5 Å². The zero-order chi connectivity index (χ0) is 36.3. The van der Waals surface area contributed by atoms with E-state index in [0.717, 1.165) is 11.3 Å². The minimum Gasteiger partial charge on any atom is -0.457 e. The van der Waals surface area contributed by atoms with Gasteiger partial charge in [-0.2, -0.15) is 0 Å². The number of likely N-dealkylation sites (N-methyl/N-ethyl adjacent to an activating group) is 1. The Hall–Kier alpha value is -5.43. The third kappa shape index (κ3) is 8.31. The van der Waals surface area contributed by atoms with Crippen LogP contribution in [0, 0.1) is 6.92 Å². The predicted molar refractivity (Wildman–Crippen MR) is 198 cm³/mol. The van der Waals surface area contributed by atoms with Crippen molar-refractivity contribution in [2.75, 3.05) is 23.8 Å². The van der Waals surface area contributed by atoms with E-state index in [0.29, 0.717) is 63.6 Å². The fourth-order valence-electron chi connectivity index (χ4n) is 6.17. The van der Waals surface area contributed by atoms with Crippen LogP contribution < -0.4 is 25.6 Å². The SMILES string of the molecule is Cc1cc(Oc2ccccc2)ccc1N1C(=O)Nc2c(C(=O)NC3CCC(NC(=O)/C=C/CN(C)C(=O)OC(C)(C)C)CC3)sc3nccc1c23. The summed E-state index contributed by atoms with van der Waals surface area (Å²) in [5, 5.41) is 9.85. The van der Waals surface area contributed by atoms with E-state index in [1.54, 1.807) is 51.1 Å². The molecule has 6 rings (SSSR count). The molecular weight excluding hydrogens is 669 g/mol. The number of carbonyl (C=O) groups excluding carboxylic acids is 4. The van der Waals surface area contributed by atoms with Gasteiger partial charge in [0.2, 0.25) is 5.91 Å². The summed E-state index contributed by atoms with van der Waals surface area (Å²) in [6.07, 6.45) is 7.03. The minimum absolute atomic E-state index is 0.0242. The van der Waals surface area contributed by atoms with Crippen molar-refractivity contribution in [1.29, 1.82) is 0 Å². The number of benzene rings is 2. The van der Waals surface area contributed by atoms with Gasteiger partial charge in [-0.15, -0.1) is 11.3 Å². The quantitative estimate of drug-likeness (QED) is 0.151. The number of carbonyl (C=O) groups is 4. The lowest BCUT2D eigenvalue weighted by Gasteiger charge is -2.30. The van der Waals surface area contributed by atoms with E-state index in [4.69, 9.17) is 9.47 Å². The largest absolute Gasteiger partial charge is 0.457 e. The molecule has 2 aromatic heterocycles. The molecule has 5 amide bonds. The Morgan fingerprint density at radius 1 is 1.00 bits per heavy atom. The van der Waals surface area contributed by atoms with Gasteiger partial charge in [-0.25, -0.2) is 14.6 Å². The molecule has 0 saturated heterocycles. The summed E-state index contributed by atoms with van der Waals surface area (Å²) in [5.41, 5.74) is 2.05. The van der Waals surface area contributed by atoms with Crippen LogP contribution in [0.5, 0.6) is 11.5 Å². The van der Waals surface area contributed by atoms with Gasteiger partial charge in [0.05, 0.1) is 22.4 Å². The summed E-state index contributed by atoms with van der Waals surface area (Å²) in [5.74, 6) is 0.874. The predicted octanol–water partition coefficient (Wildman–Crippen LogP) is 7.66. The topological polar surface area (TPSA) is 142 Å². The minimum atomic E-state index is -0.592. The molecule has 2 aromatic carbocycles. The van der Waals surface area contributed by atoms with Crippen molar-refractivity contribution in [2.45, 2.75) is 71.1 Å². The highest BCUT2D eigenvalue weighted by molar-refractivity contribution is 7.21. The number of para-hydroxylation sites is 1. The Labute approximate surface area is 300 Å². The van der Waals surface area contributed by atoms with E-state index < -0.39 is 11.7 Å². The first kappa shape index (κ1) is 35.4. The average molecular weight is 711 g/mol. The number of hydrogen-bond acceptors (Lipinski definition) is 8. The maximum absolute atomic E-state index is 13.7. The molecule has 0 atom stereocenters. The number of nitrogens with zero attached hydrogens (tertiary/aromatic N) is 3. The number of pyridine rings is 1. The first-order valence-electron chi connectivity index (χ1n) is 16.9. The number of amides is 5. The van der Waals surface area contributed by atoms with Crippen LogP contribution in [0.1, 0.15) is 61.7 Å². The third-order valence-electron chi connectivity index (χ3n) is 8.60. The van der Waals surface area contributed by atoms with Crippen LogP contribution in [0.15, 0.2) is 72.9 Å². The maximum Gasteiger partial charge on any atom is 0.410 e. The Morgan fingerprint density at radius 2 is 1.71 bits per heavy atom. The summed E-state index contributed by atoms with van der Waals surface area (Å²) in [7, 11) is 1.61. The van der Waals surface area contributed by atoms with Crippen molar-refractivity contribution < 1.29 is 28.7 Å². The van der Waals surface area contributed by atoms with E-state index in [9.17, 15) is 19.2 Å². The molecular formula is C38H42N6O6S. The number of rotatable bonds is 9. The van der Waals surface area contributed by atoms with Gasteiger partial charge in [0, 0.05) is 37.9 Å². The van der Waals surface area contributed by atoms with Crippen LogP contribution >= 0.6 is 11.3 Å². The first-order chi connectivity index (χ1) is 24.4. The second kappa shape index (κ2) is 14.8. The molecule has 2 aliphatic rings. The maximum atomic E-state index is 13.7. The fourth-order valence-corrected chi connectivity index (χ4v) is 7.19. The number of hydrogen-bond donors (Lipinski definition) is 3. The standard InChI is InChI=1S/C38H42N6O6S/c1-23-22-27(49-26-10-7-6-8-11-26)17-18-28(23)44-29-19-20-39-35-31(29)32(42-36(44)47)33(51-35)34(46)41-25-15-13-24(14-16-25)40-30(45)12-9-21-43(5)37(48)50-38(2,3)4/h6-12,17-20,22,24-25H,13-16,21H2,1-5H3,(H,40,45)(H,41,46)(H,42,47)/b12-9+. The summed E-state index contributed by atoms with van der Waals surface area (Å²) < 4.78 is 11.3. The molecule has 0 spiro atoms. The molecule has 13 heteroatoms. The van der Waals surface area contributed by atoms with Crippen LogP contribution in [0.2, 0.25) is 0 Å². The van der Waals surface area contributed by atoms with Crippen LogP contribution in [-0.4, -0.2) is 65.1 Å². The van der Waals surface area contributed by atoms with Gasteiger partial charge in [0.25, 0.3) is 5.91 Å². The lowest BCUT2D eigenvalue weighted by atomic mass is 9.91. The van der Waals surface area contributed by atoms with Gasteiger partial charge in [-0.1, -0.05) is 24.3 Å². The molecule has 1 saturated carbocycles. The zero-order valence-corrected chi connectivity index (χ0v) is 30.1. The number of urea groups is 1. The highest BCUT2D eigenvalue weighted by Crippen LogP contribution is 2.46. The molecule has 266 valence electrons. The smallest absolute Gasteiger partial charge is 0.410 e. The number of aromatic nitrogens is 1. The summed E-state index contributed by atoms with van der Waals surface area (Å²) in [6.45, 7) is 7.56. The lowest BCUT2D eigenvalue weighted by molar-refractivity contribution is -0.117. The molecule has 3 heterocycles. The van der Waals surface area contributed by atoms with Crippen LogP contribution in [-0.2, 0) is 9.53 Å². The molecule has 4 aromatic rings. The Bertz CT molecular complexity index is 1980. The normalized spacial score (nSPS) is 17.2. The van der Waals surface area contributed by atoms with Crippen molar-refractivity contribution in [3.05, 3.63) is 83.4 Å². The number of nitrogens with one attached hydrogen (secondary N) is 3. The molecule has 1 fully saturated rings. The lowest BCUT2D eigenvalue weighted by Crippen LogP contribution is -2.43. The molecule has 12 nitrogen and oxygen atoms in total. The second-order valence-corrected chi connectivity index (χ2v) is 14.7. The van der Waals surface area contributed by atoms with Crippen LogP contribution in [0.4, 0.5) is 26.7 Å². The van der Waals surface area contributed by atoms with Crippen LogP contribution in [0.25, 0.3) is 10.2 Å². The highest BCUT2D eigenvalue weighted by Gasteiger charge is 2.34. The van der Waals surface area contributed by atoms with Gasteiger partial charge in [0.15, 0.2) is 0 Å². The average Bonchev–Trinajstić information content (AvgIpc) is 3.45. The van der Waals surface area contributed by atoms with E-state index in [-0.39, 0.29) is 36.5 Å². The van der Waals surface area contributed by atoms with Crippen molar-refractivity contribution in [1.82, 2.24) is 20.5 Å². The van der Waals surface area contributed by atoms with Crippen molar-refractivity contribution in [3.8, 4) is 11.5 Å². The Morgan fingerprint density at radius 3 is 2.39 bits per heavy atom. The zero-order valence-electron chi connectivity index (χ0n) is 29.3. The summed E-state index contributed by atoms with van der Waals surface area (Å²) in [6, 6.07) is 16.4. The van der Waals surface area contributed by atoms with E-state index in [2.05, 4.69) is 20.9 Å². The van der Waals surface area contributed by atoms with Gasteiger partial charge >= 0.3 is 12.1 Å². The van der Waals surface area contributed by atoms with Gasteiger partial charge in [-0.05, 0) is 95.3 Å². The van der Waals surface area contributed by atoms with E-state index >= 15 is 0 Å². The number of ether oxygens (including phenoxy) is 2. The van der Waals surface area contributed by atoms with E-state index in [1.165, 1.54) is 22.3 Å². The van der Waals surface area contributed by atoms with Gasteiger partial charge < -0.3 is 30.3 Å². The molecule has 0 bridgehead atoms. The highest BCUT2D eigenvalue weighted by atomic mass is 32.1. The monoisotopic (exact) mass is 710 g/mol. The molecule has 51 heavy (non-hydrogen) atoms. The number of aryl methyl sites for hydroxylation is 1. The molecule has 1 aliphatic heterocycles. The number of anilines is 3. The fraction of sp³-hybridized carbons (Fsp3) is 0.342. The Kier molecular flexibility index (Phi) is 10.3. The molecule has 0 radical (unpaired) electrons. The number of thiophene rings is 1. The van der Waals surface area contributed by atoms with Crippen molar-refractivity contribution >= 4 is 62.6 Å². The van der Waals surface area contributed by atoms with Crippen LogP contribution in [0.3, 0.4) is 0 Å². The molecule has 3 N–H and O–H groups in total. The molecule has 1 aliphatic carbocycles. The Balaban J connectivity index is 1.06. The van der Waals surface area contributed by atoms with Crippen molar-refractivity contribution in [3.63, 3.8) is 0 Å². The van der Waals surface area contributed by atoms with Crippen molar-refractivity contribution in [2.24, 2.45) is 0 Å². The first-order valence-corrected chi connectivity index (χ1v) is 17.8. The summed E-state index contributed by atoms with van der Waals surface area (Å²) >= 11 is 1.25. The third-order valence-corrected chi connectivity index (χ3v) is 9.70. The summed E-state index contributed by atoms with van der Waals surface area (Å²) in [4.78, 5) is 60.5. The van der Waals surface area contributed by atoms with Gasteiger partial charge in [0.1, 0.15) is 26.8 Å².